The Labute approximate surface area is 126 Å². The number of hydrogen-bond acceptors (Lipinski definition) is 3. The lowest BCUT2D eigenvalue weighted by Crippen LogP contribution is -2.26. The average Bonchev–Trinajstić information content (AvgIpc) is 2.81. The van der Waals surface area contributed by atoms with E-state index in [-0.39, 0.29) is 0 Å². The molecule has 1 aliphatic rings. The zero-order valence-electron chi connectivity index (χ0n) is 10.7. The summed E-state index contributed by atoms with van der Waals surface area (Å²) < 4.78 is 1.26. The summed E-state index contributed by atoms with van der Waals surface area (Å²) in [6, 6.07) is 8.92. The van der Waals surface area contributed by atoms with Crippen LogP contribution in [0.2, 0.25) is 0 Å². The summed E-state index contributed by atoms with van der Waals surface area (Å²) in [5.74, 6) is 0. The van der Waals surface area contributed by atoms with Crippen molar-refractivity contribution in [2.45, 2.75) is 31.7 Å². The van der Waals surface area contributed by atoms with E-state index in [1.807, 2.05) is 23.6 Å². The van der Waals surface area contributed by atoms with Gasteiger partial charge in [0.15, 0.2) is 0 Å². The van der Waals surface area contributed by atoms with Crippen LogP contribution in [-0.4, -0.2) is 11.5 Å². The van der Waals surface area contributed by atoms with E-state index in [0.717, 1.165) is 18.7 Å². The van der Waals surface area contributed by atoms with Crippen molar-refractivity contribution in [3.8, 4) is 0 Å². The quantitative estimate of drug-likeness (QED) is 0.908. The van der Waals surface area contributed by atoms with Gasteiger partial charge in [0.1, 0.15) is 0 Å². The molecule has 2 aromatic rings. The Hall–Kier alpha value is -0.710. The summed E-state index contributed by atoms with van der Waals surface area (Å²) in [4.78, 5) is 5.91. The second kappa shape index (κ2) is 6.16. The standard InChI is InChI=1S/C15H17BrN2S/c16-15-10-12-13(5-3-6-14(12)19-15)18-9-7-11-4-1-2-8-17-11/h1-2,4,8,10,13,18H,3,5-7,9H2. The minimum Gasteiger partial charge on any atom is -0.310 e. The molecular weight excluding hydrogens is 320 g/mol. The van der Waals surface area contributed by atoms with Crippen molar-refractivity contribution >= 4 is 27.3 Å². The predicted molar refractivity (Wildman–Crippen MR) is 83.6 cm³/mol. The summed E-state index contributed by atoms with van der Waals surface area (Å²) in [5.41, 5.74) is 2.67. The van der Waals surface area contributed by atoms with Crippen LogP contribution in [0.1, 0.15) is 35.0 Å². The van der Waals surface area contributed by atoms with Gasteiger partial charge in [0.05, 0.1) is 3.79 Å². The van der Waals surface area contributed by atoms with E-state index in [2.05, 4.69) is 44.4 Å². The topological polar surface area (TPSA) is 24.9 Å². The first-order valence-electron chi connectivity index (χ1n) is 6.74. The molecule has 0 saturated carbocycles. The highest BCUT2D eigenvalue weighted by molar-refractivity contribution is 9.11. The Balaban J connectivity index is 1.59. The largest absolute Gasteiger partial charge is 0.310 e. The molecule has 2 heterocycles. The highest BCUT2D eigenvalue weighted by atomic mass is 79.9. The minimum atomic E-state index is 0.523. The van der Waals surface area contributed by atoms with Crippen LogP contribution in [0.4, 0.5) is 0 Å². The van der Waals surface area contributed by atoms with Gasteiger partial charge in [0.2, 0.25) is 0 Å². The second-order valence-corrected chi connectivity index (χ2v) is 7.42. The molecule has 2 aromatic heterocycles. The Bertz CT molecular complexity index is 538. The Kier molecular flexibility index (Phi) is 4.31. The van der Waals surface area contributed by atoms with Gasteiger partial charge in [0, 0.05) is 35.8 Å². The third-order valence-electron chi connectivity index (χ3n) is 3.58. The van der Waals surface area contributed by atoms with Crippen LogP contribution in [0.3, 0.4) is 0 Å². The van der Waals surface area contributed by atoms with Gasteiger partial charge >= 0.3 is 0 Å². The summed E-state index contributed by atoms with van der Waals surface area (Å²) in [6.07, 6.45) is 6.64. The molecule has 1 unspecified atom stereocenters. The maximum absolute atomic E-state index is 4.36. The number of nitrogens with one attached hydrogen (secondary N) is 1. The smallest absolute Gasteiger partial charge is 0.0704 e. The van der Waals surface area contributed by atoms with Gasteiger partial charge in [-0.1, -0.05) is 6.07 Å². The number of aromatic nitrogens is 1. The molecule has 0 spiro atoms. The van der Waals surface area contributed by atoms with Gasteiger partial charge in [-0.25, -0.2) is 0 Å². The second-order valence-electron chi connectivity index (χ2n) is 4.90. The Morgan fingerprint density at radius 3 is 3.21 bits per heavy atom. The van der Waals surface area contributed by atoms with Crippen molar-refractivity contribution in [2.75, 3.05) is 6.54 Å². The molecule has 0 bridgehead atoms. The van der Waals surface area contributed by atoms with Crippen LogP contribution >= 0.6 is 27.3 Å². The number of rotatable bonds is 4. The molecule has 1 aliphatic carbocycles. The number of pyridine rings is 1. The van der Waals surface area contributed by atoms with Crippen molar-refractivity contribution in [1.29, 1.82) is 0 Å². The summed E-state index contributed by atoms with van der Waals surface area (Å²) in [5, 5.41) is 3.69. The van der Waals surface area contributed by atoms with E-state index in [1.54, 1.807) is 4.88 Å². The highest BCUT2D eigenvalue weighted by Gasteiger charge is 2.21. The fraction of sp³-hybridized carbons (Fsp3) is 0.400. The lowest BCUT2D eigenvalue weighted by Gasteiger charge is -2.23. The highest BCUT2D eigenvalue weighted by Crippen LogP contribution is 2.37. The van der Waals surface area contributed by atoms with Gasteiger partial charge < -0.3 is 5.32 Å². The minimum absolute atomic E-state index is 0.523. The molecule has 0 amide bonds. The number of hydrogen-bond donors (Lipinski definition) is 1. The van der Waals surface area contributed by atoms with E-state index >= 15 is 0 Å². The molecule has 0 aromatic carbocycles. The lowest BCUT2D eigenvalue weighted by atomic mass is 9.94. The fourth-order valence-electron chi connectivity index (χ4n) is 2.65. The molecule has 19 heavy (non-hydrogen) atoms. The fourth-order valence-corrected chi connectivity index (χ4v) is 4.47. The van der Waals surface area contributed by atoms with E-state index in [1.165, 1.54) is 28.6 Å². The maximum Gasteiger partial charge on any atom is 0.0704 e. The molecule has 0 saturated heterocycles. The molecule has 2 nitrogen and oxygen atoms in total. The van der Waals surface area contributed by atoms with Crippen molar-refractivity contribution in [3.05, 3.63) is 50.4 Å². The number of nitrogens with zero attached hydrogens (tertiary/aromatic N) is 1. The Morgan fingerprint density at radius 1 is 1.42 bits per heavy atom. The van der Waals surface area contributed by atoms with Gasteiger partial charge in [-0.3, -0.25) is 4.98 Å². The SMILES string of the molecule is Brc1cc2c(s1)CCCC2NCCc1ccccn1. The van der Waals surface area contributed by atoms with Crippen LogP contribution in [0.25, 0.3) is 0 Å². The molecule has 0 radical (unpaired) electrons. The molecule has 0 fully saturated rings. The molecule has 3 rings (SSSR count). The van der Waals surface area contributed by atoms with Gasteiger partial charge in [-0.05, 0) is 59.0 Å². The first-order chi connectivity index (χ1) is 9.33. The summed E-state index contributed by atoms with van der Waals surface area (Å²) >= 11 is 5.49. The first kappa shape index (κ1) is 13.3. The van der Waals surface area contributed by atoms with Crippen LogP contribution in [0.15, 0.2) is 34.2 Å². The molecule has 0 aliphatic heterocycles. The van der Waals surface area contributed by atoms with Crippen LogP contribution in [-0.2, 0) is 12.8 Å². The average molecular weight is 337 g/mol. The van der Waals surface area contributed by atoms with Crippen LogP contribution < -0.4 is 5.32 Å². The monoisotopic (exact) mass is 336 g/mol. The Morgan fingerprint density at radius 2 is 2.37 bits per heavy atom. The van der Waals surface area contributed by atoms with E-state index in [0.29, 0.717) is 6.04 Å². The zero-order chi connectivity index (χ0) is 13.1. The number of aryl methyl sites for hydroxylation is 1. The van der Waals surface area contributed by atoms with Crippen LogP contribution in [0.5, 0.6) is 0 Å². The number of halogens is 1. The predicted octanol–water partition coefficient (Wildman–Crippen LogP) is 4.12. The summed E-state index contributed by atoms with van der Waals surface area (Å²) in [7, 11) is 0. The van der Waals surface area contributed by atoms with Crippen molar-refractivity contribution < 1.29 is 0 Å². The number of thiophene rings is 1. The molecule has 1 N–H and O–H groups in total. The van der Waals surface area contributed by atoms with E-state index in [4.69, 9.17) is 0 Å². The maximum atomic E-state index is 4.36. The van der Waals surface area contributed by atoms with Gasteiger partial charge in [-0.15, -0.1) is 11.3 Å². The zero-order valence-corrected chi connectivity index (χ0v) is 13.1. The van der Waals surface area contributed by atoms with E-state index in [9.17, 15) is 0 Å². The molecule has 100 valence electrons. The third-order valence-corrected chi connectivity index (χ3v) is 5.30. The van der Waals surface area contributed by atoms with Crippen molar-refractivity contribution in [1.82, 2.24) is 10.3 Å². The van der Waals surface area contributed by atoms with E-state index < -0.39 is 0 Å². The molecule has 1 atom stereocenters. The third kappa shape index (κ3) is 3.25. The molecular formula is C15H17BrN2S. The number of fused-ring (bicyclic) bond motifs is 1. The van der Waals surface area contributed by atoms with Crippen LogP contribution in [0, 0.1) is 0 Å². The van der Waals surface area contributed by atoms with Crippen molar-refractivity contribution in [2.24, 2.45) is 0 Å². The van der Waals surface area contributed by atoms with Gasteiger partial charge in [0.25, 0.3) is 0 Å². The van der Waals surface area contributed by atoms with Crippen molar-refractivity contribution in [3.63, 3.8) is 0 Å². The lowest BCUT2D eigenvalue weighted by molar-refractivity contribution is 0.466. The first-order valence-corrected chi connectivity index (χ1v) is 8.35. The molecule has 4 heteroatoms. The summed E-state index contributed by atoms with van der Waals surface area (Å²) in [6.45, 7) is 0.995. The van der Waals surface area contributed by atoms with Gasteiger partial charge in [-0.2, -0.15) is 0 Å². The normalized spacial score (nSPS) is 18.3.